The predicted molar refractivity (Wildman–Crippen MR) is 92.6 cm³/mol. The molecule has 2 aromatic carbocycles. The summed E-state index contributed by atoms with van der Waals surface area (Å²) in [6, 6.07) is 14.7. The third-order valence-electron chi connectivity index (χ3n) is 3.00. The molecule has 5 nitrogen and oxygen atoms in total. The summed E-state index contributed by atoms with van der Waals surface area (Å²) in [5, 5.41) is 14.1. The van der Waals surface area contributed by atoms with E-state index in [-0.39, 0.29) is 5.75 Å². The summed E-state index contributed by atoms with van der Waals surface area (Å²) in [7, 11) is 0. The van der Waals surface area contributed by atoms with Crippen molar-refractivity contribution in [3.63, 3.8) is 0 Å². The Balaban J connectivity index is 1.96. The second-order valence-corrected chi connectivity index (χ2v) is 6.08. The minimum Gasteiger partial charge on any atom is -0.481 e. The monoisotopic (exact) mass is 345 g/mol. The van der Waals surface area contributed by atoms with Gasteiger partial charge < -0.3 is 10.4 Å². The van der Waals surface area contributed by atoms with Crippen LogP contribution in [0.4, 0.5) is 11.6 Å². The van der Waals surface area contributed by atoms with Crippen molar-refractivity contribution in [2.45, 2.75) is 5.03 Å². The predicted octanol–water partition coefficient (Wildman–Crippen LogP) is 4.20. The van der Waals surface area contributed by atoms with E-state index in [9.17, 15) is 4.79 Å². The number of hydrogen-bond donors (Lipinski definition) is 2. The number of nitrogens with one attached hydrogen (secondary N) is 1. The lowest BCUT2D eigenvalue weighted by molar-refractivity contribution is -0.133. The fourth-order valence-electron chi connectivity index (χ4n) is 2.01. The number of aromatic nitrogens is 2. The number of carbonyl (C=O) groups is 1. The number of thioether (sulfide) groups is 1. The maximum Gasteiger partial charge on any atom is 0.313 e. The summed E-state index contributed by atoms with van der Waals surface area (Å²) in [4.78, 5) is 19.7. The Bertz CT molecular complexity index is 856. The van der Waals surface area contributed by atoms with Gasteiger partial charge in [0, 0.05) is 16.1 Å². The fraction of sp³-hybridized carbons (Fsp3) is 0.0625. The van der Waals surface area contributed by atoms with Crippen molar-refractivity contribution < 1.29 is 9.90 Å². The van der Waals surface area contributed by atoms with Gasteiger partial charge in [-0.3, -0.25) is 4.79 Å². The average molecular weight is 346 g/mol. The molecule has 0 saturated carbocycles. The minimum atomic E-state index is -0.884. The van der Waals surface area contributed by atoms with Gasteiger partial charge in [-0.1, -0.05) is 41.6 Å². The smallest absolute Gasteiger partial charge is 0.313 e. The molecular weight excluding hydrogens is 334 g/mol. The molecule has 0 aliphatic carbocycles. The number of aliphatic carboxylic acids is 1. The number of anilines is 2. The molecule has 0 aliphatic heterocycles. The fourth-order valence-corrected chi connectivity index (χ4v) is 2.87. The quantitative estimate of drug-likeness (QED) is 0.533. The molecule has 3 aromatic rings. The summed E-state index contributed by atoms with van der Waals surface area (Å²) in [5.74, 6) is -0.523. The molecule has 1 aromatic heterocycles. The highest BCUT2D eigenvalue weighted by Crippen LogP contribution is 2.27. The second-order valence-electron chi connectivity index (χ2n) is 4.68. The van der Waals surface area contributed by atoms with Crippen LogP contribution in [0.15, 0.2) is 53.6 Å². The Hall–Kier alpha value is -2.31. The molecule has 0 bridgehead atoms. The molecule has 0 saturated heterocycles. The van der Waals surface area contributed by atoms with E-state index < -0.39 is 5.97 Å². The Labute approximate surface area is 141 Å². The van der Waals surface area contributed by atoms with E-state index in [2.05, 4.69) is 15.3 Å². The van der Waals surface area contributed by atoms with Crippen LogP contribution < -0.4 is 5.32 Å². The minimum absolute atomic E-state index is 0.0542. The molecule has 0 radical (unpaired) electrons. The topological polar surface area (TPSA) is 75.1 Å². The highest BCUT2D eigenvalue weighted by atomic mass is 35.5. The van der Waals surface area contributed by atoms with E-state index in [1.54, 1.807) is 12.1 Å². The number of carboxylic acid groups (broad SMARTS) is 1. The summed E-state index contributed by atoms with van der Waals surface area (Å²) in [6.45, 7) is 0. The molecule has 0 unspecified atom stereocenters. The van der Waals surface area contributed by atoms with Gasteiger partial charge in [0.05, 0.1) is 11.3 Å². The van der Waals surface area contributed by atoms with Gasteiger partial charge in [0.1, 0.15) is 5.03 Å². The zero-order chi connectivity index (χ0) is 16.2. The number of fused-ring (bicyclic) bond motifs is 1. The van der Waals surface area contributed by atoms with Crippen LogP contribution in [0.3, 0.4) is 0 Å². The Kier molecular flexibility index (Phi) is 4.64. The number of nitrogens with zero attached hydrogens (tertiary/aromatic N) is 2. The number of rotatable bonds is 5. The van der Waals surface area contributed by atoms with Gasteiger partial charge in [-0.05, 0) is 30.3 Å². The van der Waals surface area contributed by atoms with Gasteiger partial charge >= 0.3 is 5.97 Å². The molecule has 3 rings (SSSR count). The standard InChI is InChI=1S/C16H12ClN3O2S/c17-10-5-7-11(8-6-10)18-16-19-13-4-2-1-3-12(13)15(20-16)23-9-14(21)22/h1-8H,9H2,(H,21,22)(H,18,19,20). The molecule has 0 fully saturated rings. The van der Waals surface area contributed by atoms with Gasteiger partial charge in [-0.15, -0.1) is 0 Å². The van der Waals surface area contributed by atoms with Crippen molar-refractivity contribution in [2.75, 3.05) is 11.1 Å². The van der Waals surface area contributed by atoms with Crippen LogP contribution in [0.1, 0.15) is 0 Å². The average Bonchev–Trinajstić information content (AvgIpc) is 2.54. The number of para-hydroxylation sites is 1. The Morgan fingerprint density at radius 2 is 1.87 bits per heavy atom. The Morgan fingerprint density at radius 1 is 1.13 bits per heavy atom. The first-order chi connectivity index (χ1) is 11.1. The largest absolute Gasteiger partial charge is 0.481 e. The number of benzene rings is 2. The van der Waals surface area contributed by atoms with Crippen molar-refractivity contribution >= 4 is 51.9 Å². The van der Waals surface area contributed by atoms with Gasteiger partial charge in [0.2, 0.25) is 5.95 Å². The lowest BCUT2D eigenvalue weighted by Gasteiger charge is -2.09. The molecule has 0 atom stereocenters. The van der Waals surface area contributed by atoms with E-state index >= 15 is 0 Å². The van der Waals surface area contributed by atoms with Crippen LogP contribution in [-0.4, -0.2) is 26.8 Å². The highest BCUT2D eigenvalue weighted by Gasteiger charge is 2.10. The van der Waals surface area contributed by atoms with E-state index in [0.29, 0.717) is 16.0 Å². The number of carboxylic acids is 1. The maximum absolute atomic E-state index is 10.8. The van der Waals surface area contributed by atoms with Crippen LogP contribution in [0, 0.1) is 0 Å². The molecule has 0 amide bonds. The normalized spacial score (nSPS) is 10.7. The molecule has 2 N–H and O–H groups in total. The van der Waals surface area contributed by atoms with Crippen molar-refractivity contribution in [3.05, 3.63) is 53.6 Å². The van der Waals surface area contributed by atoms with Crippen LogP contribution in [0.25, 0.3) is 10.9 Å². The summed E-state index contributed by atoms with van der Waals surface area (Å²) >= 11 is 7.04. The van der Waals surface area contributed by atoms with Crippen molar-refractivity contribution in [1.82, 2.24) is 9.97 Å². The van der Waals surface area contributed by atoms with Crippen LogP contribution in [0.5, 0.6) is 0 Å². The zero-order valence-corrected chi connectivity index (χ0v) is 13.4. The van der Waals surface area contributed by atoms with Crippen LogP contribution in [0.2, 0.25) is 5.02 Å². The molecular formula is C16H12ClN3O2S. The zero-order valence-electron chi connectivity index (χ0n) is 11.9. The lowest BCUT2D eigenvalue weighted by atomic mass is 10.2. The molecule has 0 spiro atoms. The highest BCUT2D eigenvalue weighted by molar-refractivity contribution is 8.00. The third kappa shape index (κ3) is 3.91. The maximum atomic E-state index is 10.8. The van der Waals surface area contributed by atoms with E-state index in [0.717, 1.165) is 16.6 Å². The number of halogens is 1. The van der Waals surface area contributed by atoms with Crippen molar-refractivity contribution in [3.8, 4) is 0 Å². The molecule has 7 heteroatoms. The summed E-state index contributed by atoms with van der Waals surface area (Å²) in [6.07, 6.45) is 0. The second kappa shape index (κ2) is 6.85. The lowest BCUT2D eigenvalue weighted by Crippen LogP contribution is -2.02. The van der Waals surface area contributed by atoms with E-state index in [4.69, 9.17) is 16.7 Å². The Morgan fingerprint density at radius 3 is 2.61 bits per heavy atom. The first kappa shape index (κ1) is 15.6. The third-order valence-corrected chi connectivity index (χ3v) is 4.23. The van der Waals surface area contributed by atoms with Crippen molar-refractivity contribution in [2.24, 2.45) is 0 Å². The van der Waals surface area contributed by atoms with E-state index in [1.807, 2.05) is 36.4 Å². The van der Waals surface area contributed by atoms with Crippen molar-refractivity contribution in [1.29, 1.82) is 0 Å². The van der Waals surface area contributed by atoms with Gasteiger partial charge in [-0.2, -0.15) is 0 Å². The molecule has 0 aliphatic rings. The molecule has 23 heavy (non-hydrogen) atoms. The molecule has 116 valence electrons. The van der Waals surface area contributed by atoms with Crippen LogP contribution >= 0.6 is 23.4 Å². The van der Waals surface area contributed by atoms with E-state index in [1.165, 1.54) is 11.8 Å². The number of hydrogen-bond acceptors (Lipinski definition) is 5. The van der Waals surface area contributed by atoms with Gasteiger partial charge in [0.15, 0.2) is 0 Å². The van der Waals surface area contributed by atoms with Gasteiger partial charge in [-0.25, -0.2) is 9.97 Å². The first-order valence-corrected chi connectivity index (χ1v) is 8.12. The first-order valence-electron chi connectivity index (χ1n) is 6.76. The van der Waals surface area contributed by atoms with Gasteiger partial charge in [0.25, 0.3) is 0 Å². The SMILES string of the molecule is O=C(O)CSc1nc(Nc2ccc(Cl)cc2)nc2ccccc12. The summed E-state index contributed by atoms with van der Waals surface area (Å²) in [5.41, 5.74) is 1.56. The summed E-state index contributed by atoms with van der Waals surface area (Å²) < 4.78 is 0. The van der Waals surface area contributed by atoms with Crippen LogP contribution in [-0.2, 0) is 4.79 Å². The molecule has 1 heterocycles.